The first-order chi connectivity index (χ1) is 6.36. The van der Waals surface area contributed by atoms with Crippen molar-refractivity contribution in [2.75, 3.05) is 18.9 Å². The number of anilines is 1. The van der Waals surface area contributed by atoms with Crippen LogP contribution in [0, 0.1) is 5.92 Å². The molecule has 1 aliphatic rings. The second-order valence-electron chi connectivity index (χ2n) is 3.55. The summed E-state index contributed by atoms with van der Waals surface area (Å²) in [4.78, 5) is 0. The highest BCUT2D eigenvalue weighted by atomic mass is 16.5. The molecule has 4 nitrogen and oxygen atoms in total. The molecule has 0 spiro atoms. The predicted molar refractivity (Wildman–Crippen MR) is 50.2 cm³/mol. The van der Waals surface area contributed by atoms with E-state index in [4.69, 9.17) is 10.5 Å². The molecule has 1 aliphatic heterocycles. The summed E-state index contributed by atoms with van der Waals surface area (Å²) in [7, 11) is 0. The minimum absolute atomic E-state index is 0.694. The molecule has 1 aromatic rings. The van der Waals surface area contributed by atoms with Gasteiger partial charge in [-0.25, -0.2) is 0 Å². The molecule has 0 radical (unpaired) electrons. The van der Waals surface area contributed by atoms with Gasteiger partial charge in [0.15, 0.2) is 0 Å². The number of nitrogens with two attached hydrogens (primary N) is 1. The van der Waals surface area contributed by atoms with E-state index in [2.05, 4.69) is 10.2 Å². The molecule has 13 heavy (non-hydrogen) atoms. The molecule has 4 heteroatoms. The lowest BCUT2D eigenvalue weighted by Gasteiger charge is -2.21. The summed E-state index contributed by atoms with van der Waals surface area (Å²) in [5, 5.41) is 6.90. The lowest BCUT2D eigenvalue weighted by atomic mass is 9.95. The standard InChI is InChI=1S/C9H15N3O/c10-8-6-11-12-9(8)5-7-1-3-13-4-2-7/h6-7H,1-5,10H2,(H,11,12). The Labute approximate surface area is 77.5 Å². The van der Waals surface area contributed by atoms with Crippen LogP contribution in [-0.4, -0.2) is 23.4 Å². The number of nitrogen functional groups attached to an aromatic ring is 1. The van der Waals surface area contributed by atoms with Gasteiger partial charge in [0, 0.05) is 19.4 Å². The Morgan fingerprint density at radius 1 is 1.54 bits per heavy atom. The maximum atomic E-state index is 5.73. The Hall–Kier alpha value is -1.03. The van der Waals surface area contributed by atoms with Crippen molar-refractivity contribution in [1.29, 1.82) is 0 Å². The fourth-order valence-corrected chi connectivity index (χ4v) is 1.72. The Morgan fingerprint density at radius 3 is 2.92 bits per heavy atom. The summed E-state index contributed by atoms with van der Waals surface area (Å²) in [6.07, 6.45) is 4.99. The van der Waals surface area contributed by atoms with E-state index in [1.165, 1.54) is 0 Å². The van der Waals surface area contributed by atoms with E-state index in [9.17, 15) is 0 Å². The SMILES string of the molecule is Nc1c[nH]nc1CC1CCOCC1. The number of aromatic nitrogens is 2. The predicted octanol–water partition coefficient (Wildman–Crippen LogP) is 0.961. The first kappa shape index (κ1) is 8.56. The first-order valence-corrected chi connectivity index (χ1v) is 4.72. The molecule has 0 saturated carbocycles. The van der Waals surface area contributed by atoms with Crippen LogP contribution in [0.3, 0.4) is 0 Å². The fourth-order valence-electron chi connectivity index (χ4n) is 1.72. The van der Waals surface area contributed by atoms with E-state index < -0.39 is 0 Å². The monoisotopic (exact) mass is 181 g/mol. The van der Waals surface area contributed by atoms with Crippen LogP contribution < -0.4 is 5.73 Å². The topological polar surface area (TPSA) is 63.9 Å². The highest BCUT2D eigenvalue weighted by molar-refractivity contribution is 5.40. The first-order valence-electron chi connectivity index (χ1n) is 4.72. The molecule has 2 rings (SSSR count). The fraction of sp³-hybridized carbons (Fsp3) is 0.667. The third-order valence-corrected chi connectivity index (χ3v) is 2.58. The number of H-pyrrole nitrogens is 1. The van der Waals surface area contributed by atoms with Crippen molar-refractivity contribution in [2.24, 2.45) is 5.92 Å². The molecule has 0 aliphatic carbocycles. The largest absolute Gasteiger partial charge is 0.396 e. The molecule has 1 aromatic heterocycles. The Kier molecular flexibility index (Phi) is 2.49. The van der Waals surface area contributed by atoms with Gasteiger partial charge in [-0.2, -0.15) is 5.10 Å². The molecular weight excluding hydrogens is 166 g/mol. The van der Waals surface area contributed by atoms with Gasteiger partial charge in [-0.05, 0) is 25.2 Å². The lowest BCUT2D eigenvalue weighted by Crippen LogP contribution is -2.18. The van der Waals surface area contributed by atoms with Crippen molar-refractivity contribution >= 4 is 5.69 Å². The molecule has 1 fully saturated rings. The lowest BCUT2D eigenvalue weighted by molar-refractivity contribution is 0.0663. The number of rotatable bonds is 2. The van der Waals surface area contributed by atoms with Crippen LogP contribution in [0.2, 0.25) is 0 Å². The van der Waals surface area contributed by atoms with Crippen LogP contribution in [0.25, 0.3) is 0 Å². The van der Waals surface area contributed by atoms with Crippen molar-refractivity contribution in [2.45, 2.75) is 19.3 Å². The minimum Gasteiger partial charge on any atom is -0.396 e. The zero-order chi connectivity index (χ0) is 9.10. The normalized spacial score (nSPS) is 19.1. The second-order valence-corrected chi connectivity index (χ2v) is 3.55. The van der Waals surface area contributed by atoms with Crippen LogP contribution in [0.1, 0.15) is 18.5 Å². The minimum atomic E-state index is 0.694. The van der Waals surface area contributed by atoms with Crippen molar-refractivity contribution in [1.82, 2.24) is 10.2 Å². The smallest absolute Gasteiger partial charge is 0.0854 e. The van der Waals surface area contributed by atoms with Gasteiger partial charge in [-0.15, -0.1) is 0 Å². The number of ether oxygens (including phenoxy) is 1. The number of nitrogens with one attached hydrogen (secondary N) is 1. The van der Waals surface area contributed by atoms with Crippen LogP contribution in [0.15, 0.2) is 6.20 Å². The van der Waals surface area contributed by atoms with Crippen LogP contribution in [0.4, 0.5) is 5.69 Å². The Bertz CT molecular complexity index is 266. The zero-order valence-corrected chi connectivity index (χ0v) is 7.62. The number of hydrogen-bond donors (Lipinski definition) is 2. The number of nitrogens with zero attached hydrogens (tertiary/aromatic N) is 1. The van der Waals surface area contributed by atoms with E-state index >= 15 is 0 Å². The highest BCUT2D eigenvalue weighted by Crippen LogP contribution is 2.21. The maximum absolute atomic E-state index is 5.73. The van der Waals surface area contributed by atoms with Gasteiger partial charge in [-0.3, -0.25) is 5.10 Å². The van der Waals surface area contributed by atoms with E-state index in [1.807, 2.05) is 0 Å². The van der Waals surface area contributed by atoms with Crippen LogP contribution >= 0.6 is 0 Å². The Balaban J connectivity index is 1.93. The molecule has 0 aromatic carbocycles. The van der Waals surface area contributed by atoms with Gasteiger partial charge in [0.1, 0.15) is 0 Å². The third kappa shape index (κ3) is 2.01. The quantitative estimate of drug-likeness (QED) is 0.714. The molecule has 2 heterocycles. The van der Waals surface area contributed by atoms with Crippen molar-refractivity contribution < 1.29 is 4.74 Å². The van der Waals surface area contributed by atoms with Crippen molar-refractivity contribution in [3.8, 4) is 0 Å². The van der Waals surface area contributed by atoms with Gasteiger partial charge >= 0.3 is 0 Å². The third-order valence-electron chi connectivity index (χ3n) is 2.58. The van der Waals surface area contributed by atoms with E-state index in [0.717, 1.165) is 43.9 Å². The average molecular weight is 181 g/mol. The second kappa shape index (κ2) is 3.79. The molecular formula is C9H15N3O. The van der Waals surface area contributed by atoms with Gasteiger partial charge in [0.2, 0.25) is 0 Å². The maximum Gasteiger partial charge on any atom is 0.0854 e. The highest BCUT2D eigenvalue weighted by Gasteiger charge is 2.16. The van der Waals surface area contributed by atoms with E-state index in [1.54, 1.807) is 6.20 Å². The Morgan fingerprint density at radius 2 is 2.31 bits per heavy atom. The molecule has 3 N–H and O–H groups in total. The van der Waals surface area contributed by atoms with E-state index in [0.29, 0.717) is 5.92 Å². The summed E-state index contributed by atoms with van der Waals surface area (Å²) in [5.41, 5.74) is 7.52. The van der Waals surface area contributed by atoms with Gasteiger partial charge in [0.25, 0.3) is 0 Å². The zero-order valence-electron chi connectivity index (χ0n) is 7.62. The average Bonchev–Trinajstić information content (AvgIpc) is 2.54. The molecule has 1 saturated heterocycles. The van der Waals surface area contributed by atoms with Gasteiger partial charge in [0.05, 0.1) is 11.4 Å². The number of aromatic amines is 1. The summed E-state index contributed by atoms with van der Waals surface area (Å²) in [5.74, 6) is 0.694. The van der Waals surface area contributed by atoms with Crippen LogP contribution in [0.5, 0.6) is 0 Å². The van der Waals surface area contributed by atoms with Gasteiger partial charge < -0.3 is 10.5 Å². The summed E-state index contributed by atoms with van der Waals surface area (Å²) in [6.45, 7) is 1.77. The molecule has 0 atom stereocenters. The summed E-state index contributed by atoms with van der Waals surface area (Å²) >= 11 is 0. The van der Waals surface area contributed by atoms with Crippen molar-refractivity contribution in [3.05, 3.63) is 11.9 Å². The van der Waals surface area contributed by atoms with Crippen molar-refractivity contribution in [3.63, 3.8) is 0 Å². The molecule has 72 valence electrons. The molecule has 0 unspecified atom stereocenters. The van der Waals surface area contributed by atoms with E-state index in [-0.39, 0.29) is 0 Å². The number of hydrogen-bond acceptors (Lipinski definition) is 3. The summed E-state index contributed by atoms with van der Waals surface area (Å²) < 4.78 is 5.29. The molecule has 0 amide bonds. The summed E-state index contributed by atoms with van der Waals surface area (Å²) in [6, 6.07) is 0. The van der Waals surface area contributed by atoms with Gasteiger partial charge in [-0.1, -0.05) is 0 Å². The molecule has 0 bridgehead atoms. The van der Waals surface area contributed by atoms with Crippen LogP contribution in [-0.2, 0) is 11.2 Å².